The van der Waals surface area contributed by atoms with E-state index in [1.807, 2.05) is 13.0 Å². The maximum atomic E-state index is 5.43. The maximum absolute atomic E-state index is 5.43. The topological polar surface area (TPSA) is 43.4 Å². The van der Waals surface area contributed by atoms with Gasteiger partial charge in [-0.25, -0.2) is 4.98 Å². The number of ether oxygens (including phenoxy) is 2. The zero-order valence-corrected chi connectivity index (χ0v) is 9.12. The van der Waals surface area contributed by atoms with Gasteiger partial charge >= 0.3 is 0 Å². The van der Waals surface area contributed by atoms with Crippen molar-refractivity contribution in [3.63, 3.8) is 0 Å². The predicted octanol–water partition coefficient (Wildman–Crippen LogP) is 1.06. The summed E-state index contributed by atoms with van der Waals surface area (Å²) in [6, 6.07) is 4.28. The zero-order valence-electron chi connectivity index (χ0n) is 9.12. The van der Waals surface area contributed by atoms with E-state index in [1.54, 1.807) is 7.11 Å². The zero-order chi connectivity index (χ0) is 10.7. The molecule has 4 heteroatoms. The lowest BCUT2D eigenvalue weighted by Crippen LogP contribution is -2.34. The number of pyridine rings is 1. The minimum atomic E-state index is 0.259. The lowest BCUT2D eigenvalue weighted by molar-refractivity contribution is 0.0767. The minimum absolute atomic E-state index is 0.259. The molecule has 1 unspecified atom stereocenters. The van der Waals surface area contributed by atoms with Crippen molar-refractivity contribution in [3.05, 3.63) is 23.4 Å². The Labute approximate surface area is 89.6 Å². The van der Waals surface area contributed by atoms with Crippen molar-refractivity contribution in [2.24, 2.45) is 0 Å². The molecule has 0 radical (unpaired) electrons. The van der Waals surface area contributed by atoms with Gasteiger partial charge in [0, 0.05) is 18.3 Å². The van der Waals surface area contributed by atoms with Crippen LogP contribution in [-0.4, -0.2) is 31.9 Å². The molecule has 1 saturated heterocycles. The Hall–Kier alpha value is -1.13. The standard InChI is InChI=1S/C11H16N2O2/c1-8-5-9(6-11(13-8)14-2)10-7-15-4-3-12-10/h5-6,10,12H,3-4,7H2,1-2H3. The fourth-order valence-corrected chi connectivity index (χ4v) is 1.75. The van der Waals surface area contributed by atoms with Gasteiger partial charge in [-0.15, -0.1) is 0 Å². The summed E-state index contributed by atoms with van der Waals surface area (Å²) in [7, 11) is 1.64. The van der Waals surface area contributed by atoms with E-state index in [4.69, 9.17) is 9.47 Å². The molecule has 0 aliphatic carbocycles. The number of morpholine rings is 1. The highest BCUT2D eigenvalue weighted by Crippen LogP contribution is 2.20. The molecule has 1 aliphatic rings. The number of aryl methyl sites for hydroxylation is 1. The van der Waals surface area contributed by atoms with Crippen LogP contribution >= 0.6 is 0 Å². The molecule has 0 bridgehead atoms. The summed E-state index contributed by atoms with van der Waals surface area (Å²) < 4.78 is 10.6. The summed E-state index contributed by atoms with van der Waals surface area (Å²) in [6.45, 7) is 4.37. The number of aromatic nitrogens is 1. The highest BCUT2D eigenvalue weighted by molar-refractivity contribution is 5.27. The fraction of sp³-hybridized carbons (Fsp3) is 0.545. The average molecular weight is 208 g/mol. The van der Waals surface area contributed by atoms with E-state index in [-0.39, 0.29) is 6.04 Å². The van der Waals surface area contributed by atoms with Gasteiger partial charge in [0.05, 0.1) is 26.4 Å². The molecule has 82 valence electrons. The van der Waals surface area contributed by atoms with Crippen molar-refractivity contribution >= 4 is 0 Å². The monoisotopic (exact) mass is 208 g/mol. The van der Waals surface area contributed by atoms with Crippen LogP contribution in [0.2, 0.25) is 0 Å². The molecule has 1 N–H and O–H groups in total. The first-order valence-corrected chi connectivity index (χ1v) is 5.13. The van der Waals surface area contributed by atoms with E-state index in [9.17, 15) is 0 Å². The first kappa shape index (κ1) is 10.4. The molecule has 1 aliphatic heterocycles. The summed E-state index contributed by atoms with van der Waals surface area (Å²) in [5.74, 6) is 0.664. The van der Waals surface area contributed by atoms with E-state index in [0.29, 0.717) is 12.5 Å². The van der Waals surface area contributed by atoms with E-state index < -0.39 is 0 Å². The van der Waals surface area contributed by atoms with Crippen LogP contribution in [-0.2, 0) is 4.74 Å². The second kappa shape index (κ2) is 4.59. The van der Waals surface area contributed by atoms with Gasteiger partial charge in [-0.2, -0.15) is 0 Å². The van der Waals surface area contributed by atoms with Crippen molar-refractivity contribution in [2.45, 2.75) is 13.0 Å². The van der Waals surface area contributed by atoms with Crippen LogP contribution in [0.4, 0.5) is 0 Å². The Balaban J connectivity index is 2.22. The molecular formula is C11H16N2O2. The van der Waals surface area contributed by atoms with Gasteiger partial charge < -0.3 is 14.8 Å². The second-order valence-electron chi connectivity index (χ2n) is 3.67. The molecule has 0 amide bonds. The highest BCUT2D eigenvalue weighted by atomic mass is 16.5. The Morgan fingerprint density at radius 1 is 1.53 bits per heavy atom. The molecule has 1 aromatic rings. The maximum Gasteiger partial charge on any atom is 0.213 e. The molecule has 4 nitrogen and oxygen atoms in total. The third-order valence-corrected chi connectivity index (χ3v) is 2.49. The fourth-order valence-electron chi connectivity index (χ4n) is 1.75. The number of rotatable bonds is 2. The molecule has 1 fully saturated rings. The van der Waals surface area contributed by atoms with Gasteiger partial charge in [-0.05, 0) is 18.6 Å². The van der Waals surface area contributed by atoms with E-state index in [0.717, 1.165) is 18.8 Å². The van der Waals surface area contributed by atoms with Crippen molar-refractivity contribution in [2.75, 3.05) is 26.9 Å². The number of methoxy groups -OCH3 is 1. The van der Waals surface area contributed by atoms with Gasteiger partial charge in [0.1, 0.15) is 0 Å². The first-order chi connectivity index (χ1) is 7.29. The Kier molecular flexibility index (Phi) is 3.18. The molecule has 2 rings (SSSR count). The van der Waals surface area contributed by atoms with Crippen LogP contribution in [0.25, 0.3) is 0 Å². The van der Waals surface area contributed by atoms with Gasteiger partial charge in [0.2, 0.25) is 5.88 Å². The van der Waals surface area contributed by atoms with E-state index >= 15 is 0 Å². The SMILES string of the molecule is COc1cc(C2COCCN2)cc(C)n1. The summed E-state index contributed by atoms with van der Waals surface area (Å²) in [5, 5.41) is 3.41. The van der Waals surface area contributed by atoms with Gasteiger partial charge in [0.15, 0.2) is 0 Å². The molecule has 0 saturated carbocycles. The lowest BCUT2D eigenvalue weighted by Gasteiger charge is -2.24. The van der Waals surface area contributed by atoms with Crippen molar-refractivity contribution in [1.82, 2.24) is 10.3 Å². The number of nitrogens with zero attached hydrogens (tertiary/aromatic N) is 1. The molecule has 1 aromatic heterocycles. The molecular weight excluding hydrogens is 192 g/mol. The molecule has 15 heavy (non-hydrogen) atoms. The molecule has 0 spiro atoms. The molecule has 1 atom stereocenters. The first-order valence-electron chi connectivity index (χ1n) is 5.13. The number of hydrogen-bond donors (Lipinski definition) is 1. The normalized spacial score (nSPS) is 21.3. The Bertz CT molecular complexity index is 335. The smallest absolute Gasteiger partial charge is 0.213 e. The van der Waals surface area contributed by atoms with Crippen LogP contribution in [0.15, 0.2) is 12.1 Å². The van der Waals surface area contributed by atoms with Crippen molar-refractivity contribution < 1.29 is 9.47 Å². The minimum Gasteiger partial charge on any atom is -0.481 e. The number of nitrogens with one attached hydrogen (secondary N) is 1. The van der Waals surface area contributed by atoms with Gasteiger partial charge in [0.25, 0.3) is 0 Å². The van der Waals surface area contributed by atoms with Crippen molar-refractivity contribution in [3.8, 4) is 5.88 Å². The number of hydrogen-bond acceptors (Lipinski definition) is 4. The molecule has 0 aromatic carbocycles. The lowest BCUT2D eigenvalue weighted by atomic mass is 10.1. The summed E-state index contributed by atoms with van der Waals surface area (Å²) in [4.78, 5) is 4.26. The van der Waals surface area contributed by atoms with Crippen LogP contribution in [0.1, 0.15) is 17.3 Å². The van der Waals surface area contributed by atoms with Gasteiger partial charge in [-0.3, -0.25) is 0 Å². The third kappa shape index (κ3) is 2.46. The molecule has 2 heterocycles. The Morgan fingerprint density at radius 2 is 2.40 bits per heavy atom. The van der Waals surface area contributed by atoms with Crippen LogP contribution in [0.5, 0.6) is 5.88 Å². The van der Waals surface area contributed by atoms with E-state index in [2.05, 4.69) is 16.4 Å². The van der Waals surface area contributed by atoms with Crippen molar-refractivity contribution in [1.29, 1.82) is 0 Å². The second-order valence-corrected chi connectivity index (χ2v) is 3.67. The quantitative estimate of drug-likeness (QED) is 0.789. The van der Waals surface area contributed by atoms with Gasteiger partial charge in [-0.1, -0.05) is 0 Å². The average Bonchev–Trinajstić information content (AvgIpc) is 2.29. The largest absolute Gasteiger partial charge is 0.481 e. The Morgan fingerprint density at radius 3 is 3.07 bits per heavy atom. The summed E-state index contributed by atoms with van der Waals surface area (Å²) in [5.41, 5.74) is 2.15. The third-order valence-electron chi connectivity index (χ3n) is 2.49. The van der Waals surface area contributed by atoms with E-state index in [1.165, 1.54) is 5.56 Å². The van der Waals surface area contributed by atoms with Crippen LogP contribution in [0.3, 0.4) is 0 Å². The summed E-state index contributed by atoms with van der Waals surface area (Å²) in [6.07, 6.45) is 0. The summed E-state index contributed by atoms with van der Waals surface area (Å²) >= 11 is 0. The van der Waals surface area contributed by atoms with Crippen LogP contribution in [0, 0.1) is 6.92 Å². The predicted molar refractivity (Wildman–Crippen MR) is 57.1 cm³/mol. The highest BCUT2D eigenvalue weighted by Gasteiger charge is 2.16. The van der Waals surface area contributed by atoms with Crippen LogP contribution < -0.4 is 10.1 Å².